The van der Waals surface area contributed by atoms with Gasteiger partial charge in [-0.15, -0.1) is 0 Å². The first-order chi connectivity index (χ1) is 16.0. The number of para-hydroxylation sites is 1. The number of nitrogens with zero attached hydrogens (tertiary/aromatic N) is 1. The van der Waals surface area contributed by atoms with Crippen LogP contribution < -0.4 is 10.6 Å². The van der Waals surface area contributed by atoms with Crippen molar-refractivity contribution in [1.29, 1.82) is 0 Å². The van der Waals surface area contributed by atoms with Crippen molar-refractivity contribution in [3.63, 3.8) is 0 Å². The van der Waals surface area contributed by atoms with Gasteiger partial charge in [-0.05, 0) is 30.7 Å². The van der Waals surface area contributed by atoms with E-state index in [9.17, 15) is 14.4 Å². The van der Waals surface area contributed by atoms with Crippen molar-refractivity contribution in [1.82, 2.24) is 10.2 Å². The number of hydrogen-bond donors (Lipinski definition) is 2. The van der Waals surface area contributed by atoms with Crippen LogP contribution in [0.1, 0.15) is 51.2 Å². The van der Waals surface area contributed by atoms with E-state index in [4.69, 9.17) is 0 Å². The summed E-state index contributed by atoms with van der Waals surface area (Å²) in [7, 11) is 0. The number of carbonyl (C=O) groups is 3. The Morgan fingerprint density at radius 1 is 0.909 bits per heavy atom. The number of hydrogen-bond acceptors (Lipinski definition) is 3. The van der Waals surface area contributed by atoms with Gasteiger partial charge in [-0.2, -0.15) is 0 Å². The predicted octanol–water partition coefficient (Wildman–Crippen LogP) is 4.63. The van der Waals surface area contributed by atoms with Crippen molar-refractivity contribution >= 4 is 29.1 Å². The average molecular weight is 440 g/mol. The maximum atomic E-state index is 12.9. The number of carbonyl (C=O) groups excluding carboxylic acids is 3. The Labute approximate surface area is 192 Å². The third-order valence-electron chi connectivity index (χ3n) is 5.69. The third-order valence-corrected chi connectivity index (χ3v) is 5.69. The summed E-state index contributed by atoms with van der Waals surface area (Å²) >= 11 is 0. The molecule has 0 bridgehead atoms. The highest BCUT2D eigenvalue weighted by molar-refractivity contribution is 6.09. The molecule has 6 heteroatoms. The van der Waals surface area contributed by atoms with Crippen LogP contribution >= 0.6 is 0 Å². The lowest BCUT2D eigenvalue weighted by molar-refractivity contribution is -0.116. The molecule has 6 nitrogen and oxygen atoms in total. The SMILES string of the molecule is C=C1c2ccccc2C(=O)N1CCC(=O)Nc1ccccc1C(=O)NC(C)c1ccccc1. The summed E-state index contributed by atoms with van der Waals surface area (Å²) < 4.78 is 0. The summed E-state index contributed by atoms with van der Waals surface area (Å²) in [5, 5.41) is 5.78. The lowest BCUT2D eigenvalue weighted by Crippen LogP contribution is -2.29. The maximum Gasteiger partial charge on any atom is 0.258 e. The van der Waals surface area contributed by atoms with E-state index in [0.717, 1.165) is 11.1 Å². The van der Waals surface area contributed by atoms with Crippen LogP contribution in [0, 0.1) is 0 Å². The molecule has 4 rings (SSSR count). The average Bonchev–Trinajstić information content (AvgIpc) is 3.08. The standard InChI is InChI=1S/C27H25N3O3/c1-18(20-10-4-3-5-11-20)28-26(32)23-14-8-9-15-24(23)29-25(31)16-17-30-19(2)21-12-6-7-13-22(21)27(30)33/h3-15,18H,2,16-17H2,1H3,(H,28,32)(H,29,31). The second kappa shape index (κ2) is 9.53. The Morgan fingerprint density at radius 3 is 2.27 bits per heavy atom. The summed E-state index contributed by atoms with van der Waals surface area (Å²) in [6, 6.07) is 23.6. The minimum Gasteiger partial charge on any atom is -0.345 e. The van der Waals surface area contributed by atoms with Crippen molar-refractivity contribution in [2.75, 3.05) is 11.9 Å². The summed E-state index contributed by atoms with van der Waals surface area (Å²) in [5.74, 6) is -0.721. The molecule has 0 spiro atoms. The lowest BCUT2D eigenvalue weighted by atomic mass is 10.1. The smallest absolute Gasteiger partial charge is 0.258 e. The normalized spacial score (nSPS) is 13.4. The van der Waals surface area contributed by atoms with Gasteiger partial charge in [0.25, 0.3) is 11.8 Å². The number of amides is 3. The van der Waals surface area contributed by atoms with Crippen molar-refractivity contribution in [3.05, 3.63) is 108 Å². The second-order valence-corrected chi connectivity index (χ2v) is 7.90. The monoisotopic (exact) mass is 439 g/mol. The molecule has 0 saturated heterocycles. The van der Waals surface area contributed by atoms with E-state index in [0.29, 0.717) is 22.5 Å². The highest BCUT2D eigenvalue weighted by Gasteiger charge is 2.30. The number of fused-ring (bicyclic) bond motifs is 1. The highest BCUT2D eigenvalue weighted by atomic mass is 16.2. The maximum absolute atomic E-state index is 12.9. The molecule has 166 valence electrons. The molecule has 0 saturated carbocycles. The predicted molar refractivity (Wildman–Crippen MR) is 129 cm³/mol. The minimum atomic E-state index is -0.289. The van der Waals surface area contributed by atoms with Crippen molar-refractivity contribution < 1.29 is 14.4 Å². The molecule has 1 atom stereocenters. The zero-order chi connectivity index (χ0) is 23.4. The zero-order valence-corrected chi connectivity index (χ0v) is 18.4. The number of nitrogens with one attached hydrogen (secondary N) is 2. The fourth-order valence-corrected chi connectivity index (χ4v) is 3.89. The van der Waals surface area contributed by atoms with E-state index in [-0.39, 0.29) is 36.7 Å². The number of rotatable bonds is 7. The first kappa shape index (κ1) is 22.0. The second-order valence-electron chi connectivity index (χ2n) is 7.90. The van der Waals surface area contributed by atoms with Crippen molar-refractivity contribution in [2.24, 2.45) is 0 Å². The molecule has 0 fully saturated rings. The van der Waals surface area contributed by atoms with Crippen LogP contribution in [0.15, 0.2) is 85.4 Å². The van der Waals surface area contributed by atoms with Gasteiger partial charge >= 0.3 is 0 Å². The molecule has 3 aromatic carbocycles. The van der Waals surface area contributed by atoms with Gasteiger partial charge in [0, 0.05) is 29.8 Å². The van der Waals surface area contributed by atoms with Crippen LogP contribution in [-0.2, 0) is 4.79 Å². The Kier molecular flexibility index (Phi) is 6.36. The largest absolute Gasteiger partial charge is 0.345 e. The molecule has 1 aliphatic heterocycles. The molecular weight excluding hydrogens is 414 g/mol. The third kappa shape index (κ3) is 4.70. The molecule has 3 amide bonds. The van der Waals surface area contributed by atoms with E-state index in [1.165, 1.54) is 4.90 Å². The van der Waals surface area contributed by atoms with Crippen LogP contribution in [0.5, 0.6) is 0 Å². The molecule has 2 N–H and O–H groups in total. The van der Waals surface area contributed by atoms with Gasteiger partial charge in [-0.3, -0.25) is 14.4 Å². The molecule has 0 aliphatic carbocycles. The van der Waals surface area contributed by atoms with Crippen LogP contribution in [0.2, 0.25) is 0 Å². The first-order valence-electron chi connectivity index (χ1n) is 10.8. The lowest BCUT2D eigenvalue weighted by Gasteiger charge is -2.18. The molecule has 0 radical (unpaired) electrons. The van der Waals surface area contributed by atoms with Gasteiger partial charge in [-0.1, -0.05) is 67.2 Å². The summed E-state index contributed by atoms with van der Waals surface area (Å²) in [5.41, 5.74) is 3.77. The Bertz CT molecular complexity index is 1190. The fraction of sp³-hybridized carbons (Fsp3) is 0.148. The molecule has 0 aromatic heterocycles. The molecule has 33 heavy (non-hydrogen) atoms. The topological polar surface area (TPSA) is 78.5 Å². The van der Waals surface area contributed by atoms with Gasteiger partial charge in [0.1, 0.15) is 0 Å². The van der Waals surface area contributed by atoms with Gasteiger partial charge < -0.3 is 15.5 Å². The van der Waals surface area contributed by atoms with Crippen LogP contribution in [0.3, 0.4) is 0 Å². The summed E-state index contributed by atoms with van der Waals surface area (Å²) in [6.45, 7) is 6.11. The highest BCUT2D eigenvalue weighted by Crippen LogP contribution is 2.31. The molecule has 1 aliphatic rings. The zero-order valence-electron chi connectivity index (χ0n) is 18.4. The Balaban J connectivity index is 1.39. The molecule has 3 aromatic rings. The van der Waals surface area contributed by atoms with E-state index in [1.54, 1.807) is 36.4 Å². The van der Waals surface area contributed by atoms with Gasteiger partial charge in [0.2, 0.25) is 5.91 Å². The fourth-order valence-electron chi connectivity index (χ4n) is 3.89. The first-order valence-corrected chi connectivity index (χ1v) is 10.8. The van der Waals surface area contributed by atoms with Crippen molar-refractivity contribution in [2.45, 2.75) is 19.4 Å². The van der Waals surface area contributed by atoms with Crippen molar-refractivity contribution in [3.8, 4) is 0 Å². The van der Waals surface area contributed by atoms with E-state index >= 15 is 0 Å². The number of anilines is 1. The molecule has 1 unspecified atom stereocenters. The minimum absolute atomic E-state index is 0.0785. The van der Waals surface area contributed by atoms with Gasteiger partial charge in [-0.25, -0.2) is 0 Å². The van der Waals surface area contributed by atoms with E-state index in [2.05, 4.69) is 17.2 Å². The van der Waals surface area contributed by atoms with E-state index in [1.807, 2.05) is 49.4 Å². The van der Waals surface area contributed by atoms with Crippen LogP contribution in [0.25, 0.3) is 5.70 Å². The van der Waals surface area contributed by atoms with Gasteiger partial charge in [0.05, 0.1) is 17.3 Å². The molecule has 1 heterocycles. The quantitative estimate of drug-likeness (QED) is 0.563. The Morgan fingerprint density at radius 2 is 1.55 bits per heavy atom. The summed E-state index contributed by atoms with van der Waals surface area (Å²) in [4.78, 5) is 39.7. The van der Waals surface area contributed by atoms with E-state index < -0.39 is 0 Å². The Hall–Kier alpha value is -4.19. The van der Waals surface area contributed by atoms with Crippen LogP contribution in [0.4, 0.5) is 5.69 Å². The van der Waals surface area contributed by atoms with Gasteiger partial charge in [0.15, 0.2) is 0 Å². The molecular formula is C27H25N3O3. The van der Waals surface area contributed by atoms with Crippen LogP contribution in [-0.4, -0.2) is 29.2 Å². The number of benzene rings is 3. The summed E-state index contributed by atoms with van der Waals surface area (Å²) in [6.07, 6.45) is 0.0785.